The van der Waals surface area contributed by atoms with Crippen LogP contribution in [0.3, 0.4) is 0 Å². The van der Waals surface area contributed by atoms with E-state index < -0.39 is 29.8 Å². The Labute approximate surface area is 262 Å². The summed E-state index contributed by atoms with van der Waals surface area (Å²) < 4.78 is 31.7. The molecule has 2 amide bonds. The number of anilines is 2. The Morgan fingerprint density at radius 2 is 1.98 bits per heavy atom. The highest BCUT2D eigenvalue weighted by Crippen LogP contribution is 2.39. The number of alkyl halides is 1. The van der Waals surface area contributed by atoms with Crippen LogP contribution in [-0.4, -0.2) is 75.0 Å². The fourth-order valence-corrected chi connectivity index (χ4v) is 7.23. The number of thiazole rings is 1. The number of carbonyl (C=O) groups excluding carboxylic acids is 2. The van der Waals surface area contributed by atoms with Crippen molar-refractivity contribution in [3.63, 3.8) is 0 Å². The first-order chi connectivity index (χ1) is 21.3. The molecule has 0 radical (unpaired) electrons. The Balaban J connectivity index is 1.19. The lowest BCUT2D eigenvalue weighted by Crippen LogP contribution is -2.46. The van der Waals surface area contributed by atoms with E-state index in [-0.39, 0.29) is 36.3 Å². The number of piperazine rings is 1. The summed E-state index contributed by atoms with van der Waals surface area (Å²) in [6, 6.07) is 7.47. The normalized spacial score (nSPS) is 18.9. The average molecular weight is 638 g/mol. The van der Waals surface area contributed by atoms with Gasteiger partial charge >= 0.3 is 0 Å². The van der Waals surface area contributed by atoms with Gasteiger partial charge in [0.15, 0.2) is 11.2 Å². The number of nitrogens with zero attached hydrogens (tertiary/aromatic N) is 6. The molecule has 7 rings (SSSR count). The summed E-state index contributed by atoms with van der Waals surface area (Å²) in [5.74, 6) is -1.61. The van der Waals surface area contributed by atoms with Crippen molar-refractivity contribution in [1.82, 2.24) is 24.3 Å². The van der Waals surface area contributed by atoms with Gasteiger partial charge in [0.25, 0.3) is 11.8 Å². The van der Waals surface area contributed by atoms with Crippen LogP contribution >= 0.6 is 22.9 Å². The molecule has 1 fully saturated rings. The third-order valence-corrected chi connectivity index (χ3v) is 9.72. The molecule has 228 valence electrons. The second-order valence-corrected chi connectivity index (χ2v) is 12.6. The molecule has 1 saturated heterocycles. The molecule has 13 heteroatoms. The van der Waals surface area contributed by atoms with Gasteiger partial charge in [-0.1, -0.05) is 24.6 Å². The van der Waals surface area contributed by atoms with Crippen LogP contribution in [0.2, 0.25) is 5.02 Å². The van der Waals surface area contributed by atoms with Crippen molar-refractivity contribution in [2.75, 3.05) is 42.9 Å². The molecule has 0 aliphatic carbocycles. The summed E-state index contributed by atoms with van der Waals surface area (Å²) in [6.07, 6.45) is 2.00. The zero-order valence-electron chi connectivity index (χ0n) is 24.0. The van der Waals surface area contributed by atoms with Crippen LogP contribution in [0.4, 0.5) is 19.6 Å². The van der Waals surface area contributed by atoms with Crippen LogP contribution in [0.1, 0.15) is 40.3 Å². The lowest BCUT2D eigenvalue weighted by molar-refractivity contribution is -0.121. The van der Waals surface area contributed by atoms with Crippen LogP contribution < -0.4 is 10.2 Å². The van der Waals surface area contributed by atoms with Gasteiger partial charge < -0.3 is 19.3 Å². The maximum Gasteiger partial charge on any atom is 0.255 e. The molecule has 3 aliphatic heterocycles. The highest BCUT2D eigenvalue weighted by molar-refractivity contribution is 7.13. The van der Waals surface area contributed by atoms with Crippen LogP contribution in [0.5, 0.6) is 0 Å². The molecule has 1 N–H and O–H groups in total. The molecule has 0 saturated carbocycles. The number of aromatic nitrogens is 3. The van der Waals surface area contributed by atoms with Crippen molar-refractivity contribution in [1.29, 1.82) is 0 Å². The van der Waals surface area contributed by atoms with E-state index in [9.17, 15) is 14.0 Å². The Hall–Kier alpha value is -3.87. The number of amides is 2. The van der Waals surface area contributed by atoms with E-state index in [4.69, 9.17) is 11.6 Å². The third-order valence-electron chi connectivity index (χ3n) is 8.73. The predicted octanol–water partition coefficient (Wildman–Crippen LogP) is 5.17. The van der Waals surface area contributed by atoms with Crippen LogP contribution in [0.25, 0.3) is 11.1 Å². The SMILES string of the molecule is CCN1CCN(c2ccc(-c3cc(F)c4c(c3)C(=O)N(C(C(=O)Nc3nccs3)c3ncn5c3CC(F)C5)C4)cc2Cl)CC1. The number of carbonyl (C=O) groups is 2. The molecule has 2 unspecified atom stereocenters. The minimum Gasteiger partial charge on any atom is -0.368 e. The van der Waals surface area contributed by atoms with Gasteiger partial charge in [0.1, 0.15) is 12.0 Å². The van der Waals surface area contributed by atoms with Gasteiger partial charge in [-0.15, -0.1) is 11.3 Å². The second-order valence-electron chi connectivity index (χ2n) is 11.3. The molecule has 4 aromatic rings. The van der Waals surface area contributed by atoms with Crippen molar-refractivity contribution in [3.8, 4) is 11.1 Å². The average Bonchev–Trinajstić information content (AvgIpc) is 3.81. The van der Waals surface area contributed by atoms with Crippen molar-refractivity contribution in [3.05, 3.63) is 81.6 Å². The first kappa shape index (κ1) is 28.9. The zero-order valence-corrected chi connectivity index (χ0v) is 25.5. The van der Waals surface area contributed by atoms with Crippen LogP contribution in [0, 0.1) is 5.82 Å². The standard InChI is InChI=1S/C31H30ClF2N7O2S/c1-2-38-6-8-39(9-7-38)25-4-3-18(12-23(25)32)19-11-21-22(24(34)13-19)16-41(30(21)43)28(29(42)37-31-35-5-10-44-31)27-26-14-20(33)15-40(26)17-36-27/h3-5,10-13,17,20,28H,2,6-9,14-16H2,1H3,(H,35,37,42). The quantitative estimate of drug-likeness (QED) is 0.301. The molecule has 0 bridgehead atoms. The topological polar surface area (TPSA) is 86.6 Å². The summed E-state index contributed by atoms with van der Waals surface area (Å²) in [4.78, 5) is 42.1. The number of nitrogens with one attached hydrogen (secondary N) is 1. The molecular weight excluding hydrogens is 608 g/mol. The predicted molar refractivity (Wildman–Crippen MR) is 165 cm³/mol. The summed E-state index contributed by atoms with van der Waals surface area (Å²) in [6.45, 7) is 6.82. The molecule has 5 heterocycles. The number of hydrogen-bond acceptors (Lipinski definition) is 7. The molecule has 0 spiro atoms. The van der Waals surface area contributed by atoms with Gasteiger partial charge in [-0.2, -0.15) is 0 Å². The van der Waals surface area contributed by atoms with E-state index in [1.165, 1.54) is 28.6 Å². The van der Waals surface area contributed by atoms with Gasteiger partial charge in [-0.3, -0.25) is 14.9 Å². The largest absolute Gasteiger partial charge is 0.368 e. The van der Waals surface area contributed by atoms with Gasteiger partial charge in [0.05, 0.1) is 35.8 Å². The summed E-state index contributed by atoms with van der Waals surface area (Å²) in [7, 11) is 0. The Morgan fingerprint density at radius 1 is 1.16 bits per heavy atom. The maximum atomic E-state index is 15.7. The van der Waals surface area contributed by atoms with E-state index in [0.29, 0.717) is 27.0 Å². The van der Waals surface area contributed by atoms with Gasteiger partial charge in [-0.25, -0.2) is 18.7 Å². The highest BCUT2D eigenvalue weighted by atomic mass is 35.5. The molecule has 2 atom stereocenters. The van der Waals surface area contributed by atoms with E-state index in [1.54, 1.807) is 28.3 Å². The maximum absolute atomic E-state index is 15.7. The number of fused-ring (bicyclic) bond motifs is 2. The molecule has 2 aromatic heterocycles. The molecular formula is C31H30ClF2N7O2S. The monoisotopic (exact) mass is 637 g/mol. The first-order valence-electron chi connectivity index (χ1n) is 14.6. The first-order valence-corrected chi connectivity index (χ1v) is 15.9. The van der Waals surface area contributed by atoms with E-state index >= 15 is 4.39 Å². The van der Waals surface area contributed by atoms with Gasteiger partial charge in [0, 0.05) is 61.0 Å². The fourth-order valence-electron chi connectivity index (χ4n) is 6.40. The minimum absolute atomic E-state index is 0.0783. The van der Waals surface area contributed by atoms with Crippen LogP contribution in [-0.2, 0) is 24.3 Å². The summed E-state index contributed by atoms with van der Waals surface area (Å²) >= 11 is 7.96. The van der Waals surface area contributed by atoms with Crippen LogP contribution in [0.15, 0.2) is 48.2 Å². The fraction of sp³-hybridized carbons (Fsp3) is 0.355. The Kier molecular flexibility index (Phi) is 7.59. The Morgan fingerprint density at radius 3 is 2.70 bits per heavy atom. The second kappa shape index (κ2) is 11.6. The lowest BCUT2D eigenvalue weighted by atomic mass is 9.99. The number of imidazole rings is 1. The van der Waals surface area contributed by atoms with Crippen molar-refractivity contribution in [2.45, 2.75) is 38.6 Å². The number of likely N-dealkylation sites (N-methyl/N-ethyl adjacent to an activating group) is 1. The van der Waals surface area contributed by atoms with Gasteiger partial charge in [0.2, 0.25) is 0 Å². The van der Waals surface area contributed by atoms with Crippen molar-refractivity contribution >= 4 is 45.6 Å². The van der Waals surface area contributed by atoms with Gasteiger partial charge in [-0.05, 0) is 41.9 Å². The molecule has 44 heavy (non-hydrogen) atoms. The van der Waals surface area contributed by atoms with E-state index in [1.807, 2.05) is 12.1 Å². The van der Waals surface area contributed by atoms with E-state index in [2.05, 4.69) is 32.0 Å². The number of rotatable bonds is 7. The Bertz CT molecular complexity index is 1740. The highest BCUT2D eigenvalue weighted by Gasteiger charge is 2.43. The van der Waals surface area contributed by atoms with E-state index in [0.717, 1.165) is 38.4 Å². The minimum atomic E-state index is -1.20. The number of hydrogen-bond donors (Lipinski definition) is 1. The van der Waals surface area contributed by atoms with Crippen molar-refractivity contribution in [2.24, 2.45) is 0 Å². The van der Waals surface area contributed by atoms with Crippen molar-refractivity contribution < 1.29 is 18.4 Å². The number of halogens is 3. The third kappa shape index (κ3) is 5.14. The lowest BCUT2D eigenvalue weighted by Gasteiger charge is -2.36. The molecule has 9 nitrogen and oxygen atoms in total. The molecule has 2 aromatic carbocycles. The number of benzene rings is 2. The smallest absolute Gasteiger partial charge is 0.255 e. The summed E-state index contributed by atoms with van der Waals surface area (Å²) in [5, 5.41) is 5.37. The molecule has 3 aliphatic rings. The summed E-state index contributed by atoms with van der Waals surface area (Å²) in [5.41, 5.74) is 3.30. The zero-order chi connectivity index (χ0) is 30.5.